The quantitative estimate of drug-likeness (QED) is 0.125. The molecular formula is C32H46N10O3. The molecule has 0 saturated heterocycles. The number of hydrogen-bond donors (Lipinski definition) is 3. The van der Waals surface area contributed by atoms with Crippen molar-refractivity contribution in [3.63, 3.8) is 0 Å². The number of carbonyl (C=O) groups is 2. The summed E-state index contributed by atoms with van der Waals surface area (Å²) in [5, 5.41) is 15.0. The smallest absolute Gasteiger partial charge is 0.246 e. The molecule has 0 aliphatic rings. The Morgan fingerprint density at radius 3 is 2.71 bits per heavy atom. The second-order valence-corrected chi connectivity index (χ2v) is 10.9. The summed E-state index contributed by atoms with van der Waals surface area (Å²) in [5.41, 5.74) is 3.13. The molecule has 3 N–H and O–H groups in total. The van der Waals surface area contributed by atoms with Crippen LogP contribution in [0.1, 0.15) is 44.4 Å². The molecule has 1 atom stereocenters. The topological polar surface area (TPSA) is 142 Å². The fraction of sp³-hybridized carbons (Fsp3) is 0.500. The molecule has 2 amide bonds. The van der Waals surface area contributed by atoms with Gasteiger partial charge in [-0.15, -0.1) is 0 Å². The third-order valence-electron chi connectivity index (χ3n) is 6.91. The van der Waals surface area contributed by atoms with Gasteiger partial charge in [0.1, 0.15) is 11.9 Å². The van der Waals surface area contributed by atoms with Crippen LogP contribution in [0.15, 0.2) is 30.6 Å². The van der Waals surface area contributed by atoms with Gasteiger partial charge in [0.15, 0.2) is 5.65 Å². The van der Waals surface area contributed by atoms with Crippen molar-refractivity contribution < 1.29 is 14.3 Å². The summed E-state index contributed by atoms with van der Waals surface area (Å²) in [6, 6.07) is 1.41. The van der Waals surface area contributed by atoms with Gasteiger partial charge in [-0.05, 0) is 46.9 Å². The summed E-state index contributed by atoms with van der Waals surface area (Å²) in [6.45, 7) is 8.79. The Hall–Kier alpha value is -4.54. The first kappa shape index (κ1) is 34.9. The molecule has 0 aromatic carbocycles. The van der Waals surface area contributed by atoms with Crippen LogP contribution in [-0.4, -0.2) is 107 Å². The van der Waals surface area contributed by atoms with Gasteiger partial charge < -0.3 is 30.5 Å². The lowest BCUT2D eigenvalue weighted by molar-refractivity contribution is -0.135. The summed E-state index contributed by atoms with van der Waals surface area (Å²) < 4.78 is 7.02. The number of pyridine rings is 1. The van der Waals surface area contributed by atoms with E-state index in [1.165, 1.54) is 11.0 Å². The predicted octanol–water partition coefficient (Wildman–Crippen LogP) is 2.95. The van der Waals surface area contributed by atoms with Crippen LogP contribution in [0.4, 0.5) is 17.5 Å². The lowest BCUT2D eigenvalue weighted by atomic mass is 10.2. The second kappa shape index (κ2) is 17.7. The Balaban J connectivity index is 1.56. The number of nitrogens with one attached hydrogen (secondary N) is 3. The highest BCUT2D eigenvalue weighted by atomic mass is 16.5. The van der Waals surface area contributed by atoms with E-state index in [4.69, 9.17) is 4.74 Å². The zero-order valence-electron chi connectivity index (χ0n) is 27.5. The second-order valence-electron chi connectivity index (χ2n) is 10.9. The van der Waals surface area contributed by atoms with E-state index in [-0.39, 0.29) is 11.8 Å². The number of nitrogens with zero attached hydrogens (tertiary/aromatic N) is 7. The van der Waals surface area contributed by atoms with Crippen LogP contribution in [-0.2, 0) is 20.9 Å². The molecule has 0 saturated carbocycles. The van der Waals surface area contributed by atoms with Gasteiger partial charge in [-0.1, -0.05) is 24.8 Å². The van der Waals surface area contributed by atoms with Gasteiger partial charge in [-0.25, -0.2) is 14.6 Å². The highest BCUT2D eigenvalue weighted by molar-refractivity contribution is 5.92. The number of likely N-dealkylation sites (N-methyl/N-ethyl adjacent to an activating group) is 2. The van der Waals surface area contributed by atoms with Crippen LogP contribution in [0.25, 0.3) is 11.0 Å². The predicted molar refractivity (Wildman–Crippen MR) is 177 cm³/mol. The Kier molecular flexibility index (Phi) is 13.7. The average Bonchev–Trinajstić information content (AvgIpc) is 3.34. The van der Waals surface area contributed by atoms with E-state index >= 15 is 0 Å². The van der Waals surface area contributed by atoms with E-state index in [1.54, 1.807) is 39.6 Å². The van der Waals surface area contributed by atoms with Crippen LogP contribution in [0.3, 0.4) is 0 Å². The van der Waals surface area contributed by atoms with Crippen molar-refractivity contribution in [1.82, 2.24) is 39.8 Å². The van der Waals surface area contributed by atoms with Gasteiger partial charge in [-0.3, -0.25) is 9.59 Å². The van der Waals surface area contributed by atoms with E-state index in [1.807, 2.05) is 36.7 Å². The minimum atomic E-state index is -0.579. The van der Waals surface area contributed by atoms with Crippen molar-refractivity contribution in [3.8, 4) is 11.8 Å². The van der Waals surface area contributed by atoms with Gasteiger partial charge in [0.05, 0.1) is 42.5 Å². The molecule has 0 unspecified atom stereocenters. The lowest BCUT2D eigenvalue weighted by Crippen LogP contribution is -2.45. The van der Waals surface area contributed by atoms with Gasteiger partial charge >= 0.3 is 0 Å². The number of aromatic nitrogens is 5. The average molecular weight is 619 g/mol. The SMILES string of the molecule is CCCNc1nc(Nc2cnc3c(c2)c(C)nn3CCOC)ncc1C#CCCCNC(=O)[C@H](C)N(C)C(=O)C=CCN(C)C. The molecule has 0 fully saturated rings. The standard InChI is InChI=1S/C32H46N10O3/c1-8-15-33-29-25(13-10-9-11-16-34-31(44)24(3)41(6)28(43)14-12-17-40(4)5)21-36-32(38-29)37-26-20-27-23(2)39-42(18-19-45-7)30(27)35-22-26/h12,14,20-22,24H,8-9,11,15-19H2,1-7H3,(H,34,44)(H2,33,36,37,38)/t24-/m0/s1. The summed E-state index contributed by atoms with van der Waals surface area (Å²) in [5.74, 6) is 6.99. The van der Waals surface area contributed by atoms with E-state index in [0.717, 1.165) is 35.4 Å². The third-order valence-corrected chi connectivity index (χ3v) is 6.91. The van der Waals surface area contributed by atoms with Crippen LogP contribution < -0.4 is 16.0 Å². The monoisotopic (exact) mass is 618 g/mol. The molecule has 0 bridgehead atoms. The summed E-state index contributed by atoms with van der Waals surface area (Å²) >= 11 is 0. The zero-order valence-corrected chi connectivity index (χ0v) is 27.5. The van der Waals surface area contributed by atoms with Crippen LogP contribution in [0.5, 0.6) is 0 Å². The number of fused-ring (bicyclic) bond motifs is 1. The number of carbonyl (C=O) groups excluding carboxylic acids is 2. The Labute approximate surface area is 265 Å². The maximum absolute atomic E-state index is 12.5. The first-order valence-electron chi connectivity index (χ1n) is 15.2. The number of amides is 2. The first-order valence-corrected chi connectivity index (χ1v) is 15.2. The van der Waals surface area contributed by atoms with Gasteiger partial charge in [0.2, 0.25) is 17.8 Å². The maximum atomic E-state index is 12.5. The Morgan fingerprint density at radius 1 is 1.18 bits per heavy atom. The van der Waals surface area contributed by atoms with Crippen LogP contribution in [0.2, 0.25) is 0 Å². The molecule has 0 aliphatic carbocycles. The number of hydrogen-bond acceptors (Lipinski definition) is 10. The molecule has 0 radical (unpaired) electrons. The van der Waals surface area contributed by atoms with E-state index in [9.17, 15) is 9.59 Å². The number of unbranched alkanes of at least 4 members (excludes halogenated alkanes) is 1. The molecular weight excluding hydrogens is 572 g/mol. The summed E-state index contributed by atoms with van der Waals surface area (Å²) in [6.07, 6.45) is 8.88. The molecule has 3 aromatic rings. The van der Waals surface area contributed by atoms with Crippen molar-refractivity contribution in [2.45, 2.75) is 52.6 Å². The van der Waals surface area contributed by atoms with Crippen molar-refractivity contribution >= 4 is 40.3 Å². The maximum Gasteiger partial charge on any atom is 0.246 e. The number of methoxy groups -OCH3 is 1. The minimum Gasteiger partial charge on any atom is -0.383 e. The molecule has 0 aliphatic heterocycles. The van der Waals surface area contributed by atoms with E-state index in [2.05, 4.69) is 54.8 Å². The largest absolute Gasteiger partial charge is 0.383 e. The summed E-state index contributed by atoms with van der Waals surface area (Å²) in [7, 11) is 7.14. The molecule has 13 heteroatoms. The normalized spacial score (nSPS) is 11.8. The van der Waals surface area contributed by atoms with E-state index in [0.29, 0.717) is 56.4 Å². The Morgan fingerprint density at radius 2 is 1.98 bits per heavy atom. The van der Waals surface area contributed by atoms with Crippen molar-refractivity contribution in [2.24, 2.45) is 0 Å². The minimum absolute atomic E-state index is 0.202. The van der Waals surface area contributed by atoms with Gasteiger partial charge in [0.25, 0.3) is 0 Å². The zero-order chi connectivity index (χ0) is 32.8. The fourth-order valence-corrected chi connectivity index (χ4v) is 4.20. The Bertz CT molecular complexity index is 1520. The van der Waals surface area contributed by atoms with E-state index < -0.39 is 6.04 Å². The van der Waals surface area contributed by atoms with Gasteiger partial charge in [0, 0.05) is 51.7 Å². The van der Waals surface area contributed by atoms with Crippen LogP contribution >= 0.6 is 0 Å². The van der Waals surface area contributed by atoms with Crippen molar-refractivity contribution in [1.29, 1.82) is 0 Å². The fourth-order valence-electron chi connectivity index (χ4n) is 4.20. The number of anilines is 3. The van der Waals surface area contributed by atoms with Crippen molar-refractivity contribution in [3.05, 3.63) is 41.9 Å². The summed E-state index contributed by atoms with van der Waals surface area (Å²) in [4.78, 5) is 42.0. The van der Waals surface area contributed by atoms with Gasteiger partial charge in [-0.2, -0.15) is 10.1 Å². The third kappa shape index (κ3) is 10.5. The van der Waals surface area contributed by atoms with Crippen molar-refractivity contribution in [2.75, 3.05) is 65.1 Å². The van der Waals surface area contributed by atoms with Crippen LogP contribution in [0, 0.1) is 18.8 Å². The molecule has 3 aromatic heterocycles. The molecule has 242 valence electrons. The molecule has 3 rings (SSSR count). The molecule has 0 spiro atoms. The number of ether oxygens (including phenoxy) is 1. The number of rotatable bonds is 16. The molecule has 13 nitrogen and oxygen atoms in total. The molecule has 3 heterocycles. The highest BCUT2D eigenvalue weighted by Crippen LogP contribution is 2.23. The number of aryl methyl sites for hydroxylation is 1. The lowest BCUT2D eigenvalue weighted by Gasteiger charge is -2.23. The first-order chi connectivity index (χ1) is 21.6. The highest BCUT2D eigenvalue weighted by Gasteiger charge is 2.20. The molecule has 45 heavy (non-hydrogen) atoms.